The van der Waals surface area contributed by atoms with Crippen LogP contribution in [-0.2, 0) is 4.74 Å². The van der Waals surface area contributed by atoms with Crippen LogP contribution in [0.4, 0.5) is 0 Å². The van der Waals surface area contributed by atoms with Gasteiger partial charge < -0.3 is 4.74 Å². The molecule has 1 heteroatoms. The maximum absolute atomic E-state index is 5.42. The fourth-order valence-corrected chi connectivity index (χ4v) is 1.55. The summed E-state index contributed by atoms with van der Waals surface area (Å²) in [6.07, 6.45) is 6.97. The molecule has 0 radical (unpaired) electrons. The zero-order valence-electron chi connectivity index (χ0n) is 13.4. The monoisotopic (exact) mass is 260 g/mol. The van der Waals surface area contributed by atoms with Gasteiger partial charge >= 0.3 is 0 Å². The van der Waals surface area contributed by atoms with Crippen molar-refractivity contribution in [3.8, 4) is 0 Å². The Balaban J connectivity index is -0.000000277. The van der Waals surface area contributed by atoms with Crippen LogP contribution in [-0.4, -0.2) is 12.7 Å². The van der Waals surface area contributed by atoms with E-state index in [1.54, 1.807) is 0 Å². The summed E-state index contributed by atoms with van der Waals surface area (Å²) in [4.78, 5) is 0. The fraction of sp³-hybridized carbons (Fsp3) is 1.00. The second-order valence-electron chi connectivity index (χ2n) is 5.99. The Morgan fingerprint density at radius 3 is 1.56 bits per heavy atom. The van der Waals surface area contributed by atoms with E-state index in [2.05, 4.69) is 48.5 Å². The van der Waals surface area contributed by atoms with Crippen molar-refractivity contribution in [2.24, 2.45) is 11.8 Å². The topological polar surface area (TPSA) is 9.23 Å². The molecule has 0 aliphatic carbocycles. The minimum absolute atomic E-state index is 0. The third-order valence-corrected chi connectivity index (χ3v) is 2.49. The van der Waals surface area contributed by atoms with Crippen molar-refractivity contribution in [2.75, 3.05) is 6.61 Å². The van der Waals surface area contributed by atoms with Gasteiger partial charge in [0.2, 0.25) is 0 Å². The molecule has 0 rings (SSSR count). The molecule has 1 nitrogen and oxygen atoms in total. The quantitative estimate of drug-likeness (QED) is 0.464. The van der Waals surface area contributed by atoms with Gasteiger partial charge in [0.1, 0.15) is 0 Å². The molecule has 0 aliphatic heterocycles. The van der Waals surface area contributed by atoms with Gasteiger partial charge in [-0.05, 0) is 32.1 Å². The molecule has 0 aromatic heterocycles. The average Bonchev–Trinajstić information content (AvgIpc) is 2.16. The van der Waals surface area contributed by atoms with E-state index in [-0.39, 0.29) is 7.43 Å². The lowest BCUT2D eigenvalue weighted by atomic mass is 10.1. The lowest BCUT2D eigenvalue weighted by Gasteiger charge is -2.07. The van der Waals surface area contributed by atoms with Crippen molar-refractivity contribution >= 4 is 0 Å². The van der Waals surface area contributed by atoms with Gasteiger partial charge in [0.05, 0.1) is 6.10 Å². The average molecular weight is 261 g/mol. The van der Waals surface area contributed by atoms with Gasteiger partial charge in [-0.25, -0.2) is 0 Å². The third-order valence-electron chi connectivity index (χ3n) is 2.49. The lowest BCUT2D eigenvalue weighted by molar-refractivity contribution is 0.0753. The molecule has 0 aromatic rings. The summed E-state index contributed by atoms with van der Waals surface area (Å²) in [7, 11) is 0. The van der Waals surface area contributed by atoms with Crippen LogP contribution in [0.2, 0.25) is 0 Å². The fourth-order valence-electron chi connectivity index (χ4n) is 1.55. The second kappa shape index (κ2) is 17.0. The molecule has 114 valence electrons. The Kier molecular flexibility index (Phi) is 21.7. The number of hydrogen-bond donors (Lipinski definition) is 0. The normalized spacial score (nSPS) is 10.3. The summed E-state index contributed by atoms with van der Waals surface area (Å²) in [5.41, 5.74) is 0. The van der Waals surface area contributed by atoms with Gasteiger partial charge in [-0.1, -0.05) is 67.7 Å². The summed E-state index contributed by atoms with van der Waals surface area (Å²) in [5.74, 6) is 1.74. The summed E-state index contributed by atoms with van der Waals surface area (Å²) in [6, 6.07) is 0. The standard InChI is InChI=1S/C10H22O.C6H14.CH4/c1-9(2)7-5-6-8-11-10(3)4;1-4-5-6(2)3;/h9-10H,5-8H2,1-4H3;6H,4-5H2,1-3H3;1H4. The highest BCUT2D eigenvalue weighted by molar-refractivity contribution is 4.46. The van der Waals surface area contributed by atoms with Crippen molar-refractivity contribution in [1.29, 1.82) is 0 Å². The molecule has 0 heterocycles. The first-order chi connectivity index (χ1) is 7.90. The third kappa shape index (κ3) is 29.7. The van der Waals surface area contributed by atoms with E-state index in [0.717, 1.165) is 18.4 Å². The first kappa shape index (κ1) is 23.1. The molecule has 0 aliphatic rings. The maximum Gasteiger partial charge on any atom is 0.0518 e. The zero-order valence-corrected chi connectivity index (χ0v) is 13.4. The first-order valence-electron chi connectivity index (χ1n) is 7.51. The van der Waals surface area contributed by atoms with E-state index in [4.69, 9.17) is 4.74 Å². The van der Waals surface area contributed by atoms with Crippen molar-refractivity contribution in [3.63, 3.8) is 0 Å². The summed E-state index contributed by atoms with van der Waals surface area (Å²) in [6.45, 7) is 16.4. The van der Waals surface area contributed by atoms with Crippen LogP contribution in [0.3, 0.4) is 0 Å². The van der Waals surface area contributed by atoms with Crippen LogP contribution in [0.1, 0.15) is 88.0 Å². The van der Waals surface area contributed by atoms with Crippen molar-refractivity contribution in [2.45, 2.75) is 94.1 Å². The number of ether oxygens (including phenoxy) is 1. The van der Waals surface area contributed by atoms with Crippen LogP contribution in [0.5, 0.6) is 0 Å². The maximum atomic E-state index is 5.42. The molecule has 0 N–H and O–H groups in total. The van der Waals surface area contributed by atoms with Crippen LogP contribution in [0, 0.1) is 11.8 Å². The zero-order chi connectivity index (χ0) is 13.7. The first-order valence-corrected chi connectivity index (χ1v) is 7.51. The van der Waals surface area contributed by atoms with Crippen molar-refractivity contribution < 1.29 is 4.74 Å². The Bertz CT molecular complexity index is 118. The molecule has 0 saturated heterocycles. The SMILES string of the molecule is C.CC(C)CCCCOC(C)C.CCCC(C)C. The smallest absolute Gasteiger partial charge is 0.0518 e. The largest absolute Gasteiger partial charge is 0.379 e. The summed E-state index contributed by atoms with van der Waals surface area (Å²) in [5, 5.41) is 0. The van der Waals surface area contributed by atoms with E-state index < -0.39 is 0 Å². The van der Waals surface area contributed by atoms with Gasteiger partial charge in [-0.15, -0.1) is 0 Å². The molecule has 0 aromatic carbocycles. The molecule has 18 heavy (non-hydrogen) atoms. The van der Waals surface area contributed by atoms with E-state index in [9.17, 15) is 0 Å². The Hall–Kier alpha value is -0.0400. The van der Waals surface area contributed by atoms with E-state index in [1.807, 2.05) is 0 Å². The molecule has 0 amide bonds. The molecule has 0 bridgehead atoms. The molecule has 0 spiro atoms. The molecule has 0 fully saturated rings. The van der Waals surface area contributed by atoms with E-state index in [0.29, 0.717) is 6.10 Å². The molecular weight excluding hydrogens is 220 g/mol. The predicted octanol–water partition coefficient (Wildman–Crippen LogP) is 6.32. The van der Waals surface area contributed by atoms with Gasteiger partial charge in [0.15, 0.2) is 0 Å². The van der Waals surface area contributed by atoms with Crippen LogP contribution in [0.15, 0.2) is 0 Å². The highest BCUT2D eigenvalue weighted by atomic mass is 16.5. The summed E-state index contributed by atoms with van der Waals surface area (Å²) < 4.78 is 5.42. The van der Waals surface area contributed by atoms with Gasteiger partial charge in [-0.2, -0.15) is 0 Å². The van der Waals surface area contributed by atoms with E-state index in [1.165, 1.54) is 32.1 Å². The molecular formula is C17H40O. The van der Waals surface area contributed by atoms with Gasteiger partial charge in [0, 0.05) is 6.61 Å². The minimum atomic E-state index is 0. The van der Waals surface area contributed by atoms with Crippen molar-refractivity contribution in [3.05, 3.63) is 0 Å². The van der Waals surface area contributed by atoms with Gasteiger partial charge in [0.25, 0.3) is 0 Å². The number of unbranched alkanes of at least 4 members (excludes halogenated alkanes) is 1. The number of rotatable bonds is 8. The lowest BCUT2D eigenvalue weighted by Crippen LogP contribution is -2.03. The second-order valence-corrected chi connectivity index (χ2v) is 5.99. The van der Waals surface area contributed by atoms with Crippen molar-refractivity contribution in [1.82, 2.24) is 0 Å². The Morgan fingerprint density at radius 1 is 0.778 bits per heavy atom. The highest BCUT2D eigenvalue weighted by Gasteiger charge is 1.95. The van der Waals surface area contributed by atoms with E-state index >= 15 is 0 Å². The molecule has 0 unspecified atom stereocenters. The number of hydrogen-bond acceptors (Lipinski definition) is 1. The van der Waals surface area contributed by atoms with Crippen LogP contribution >= 0.6 is 0 Å². The summed E-state index contributed by atoms with van der Waals surface area (Å²) >= 11 is 0. The predicted molar refractivity (Wildman–Crippen MR) is 86.3 cm³/mol. The Labute approximate surface area is 118 Å². The van der Waals surface area contributed by atoms with Crippen LogP contribution < -0.4 is 0 Å². The highest BCUT2D eigenvalue weighted by Crippen LogP contribution is 2.06. The van der Waals surface area contributed by atoms with Crippen LogP contribution in [0.25, 0.3) is 0 Å². The Morgan fingerprint density at radius 2 is 1.28 bits per heavy atom. The minimum Gasteiger partial charge on any atom is -0.379 e. The molecule has 0 atom stereocenters. The van der Waals surface area contributed by atoms with Gasteiger partial charge in [-0.3, -0.25) is 0 Å². The molecule has 0 saturated carbocycles.